The second kappa shape index (κ2) is 9.93. The number of nitrogens with one attached hydrogen (secondary N) is 1. The number of carbonyl (C=O) groups excluding carboxylic acids is 1. The van der Waals surface area contributed by atoms with Crippen LogP contribution in [0.4, 0.5) is 0 Å². The molecule has 0 fully saturated rings. The zero-order valence-electron chi connectivity index (χ0n) is 14.0. The number of carbonyl (C=O) groups is 1. The lowest BCUT2D eigenvalue weighted by atomic mass is 9.90. The van der Waals surface area contributed by atoms with Gasteiger partial charge in [0.1, 0.15) is 9.88 Å². The molecule has 1 unspecified atom stereocenters. The predicted octanol–water partition coefficient (Wildman–Crippen LogP) is 3.54. The Kier molecular flexibility index (Phi) is 9.43. The van der Waals surface area contributed by atoms with E-state index in [4.69, 9.17) is 5.73 Å². The van der Waals surface area contributed by atoms with Crippen molar-refractivity contribution in [2.45, 2.75) is 32.7 Å². The highest BCUT2D eigenvalue weighted by Crippen LogP contribution is 2.25. The van der Waals surface area contributed by atoms with E-state index in [0.717, 1.165) is 17.0 Å². The summed E-state index contributed by atoms with van der Waals surface area (Å²) in [5.41, 5.74) is 6.41. The molecule has 1 amide bonds. The summed E-state index contributed by atoms with van der Waals surface area (Å²) < 4.78 is 0. The summed E-state index contributed by atoms with van der Waals surface area (Å²) in [7, 11) is 0. The van der Waals surface area contributed by atoms with Gasteiger partial charge in [-0.2, -0.15) is 0 Å². The van der Waals surface area contributed by atoms with Gasteiger partial charge in [0.2, 0.25) is 0 Å². The molecule has 5 nitrogen and oxygen atoms in total. The minimum Gasteiger partial charge on any atom is -0.345 e. The number of pyridine rings is 1. The molecule has 0 aliphatic heterocycles. The smallest absolute Gasteiger partial charge is 0.263 e. The van der Waals surface area contributed by atoms with Gasteiger partial charge < -0.3 is 11.1 Å². The Morgan fingerprint density at radius 2 is 1.96 bits per heavy atom. The molecule has 2 aromatic rings. The largest absolute Gasteiger partial charge is 0.345 e. The molecule has 3 N–H and O–H groups in total. The maximum Gasteiger partial charge on any atom is 0.263 e. The molecule has 2 heterocycles. The van der Waals surface area contributed by atoms with E-state index in [1.165, 1.54) is 11.3 Å². The number of nitrogens with zero attached hydrogens (tertiary/aromatic N) is 2. The van der Waals surface area contributed by atoms with Crippen molar-refractivity contribution in [3.63, 3.8) is 0 Å². The summed E-state index contributed by atoms with van der Waals surface area (Å²) in [6, 6.07) is 3.76. The van der Waals surface area contributed by atoms with Crippen LogP contribution in [-0.4, -0.2) is 28.0 Å². The minimum atomic E-state index is -0.397. The monoisotopic (exact) mass is 390 g/mol. The van der Waals surface area contributed by atoms with E-state index in [2.05, 4.69) is 29.1 Å². The lowest BCUT2D eigenvalue weighted by Crippen LogP contribution is -2.52. The molecule has 0 radical (unpaired) electrons. The van der Waals surface area contributed by atoms with E-state index in [0.29, 0.717) is 17.3 Å². The first-order valence-electron chi connectivity index (χ1n) is 7.32. The fraction of sp³-hybridized carbons (Fsp3) is 0.438. The number of nitrogens with two attached hydrogens (primary N) is 1. The highest BCUT2D eigenvalue weighted by atomic mass is 35.5. The number of thiazole rings is 1. The molecule has 134 valence electrons. The minimum absolute atomic E-state index is 0. The van der Waals surface area contributed by atoms with Gasteiger partial charge in [-0.15, -0.1) is 36.2 Å². The summed E-state index contributed by atoms with van der Waals surface area (Å²) in [6.45, 7) is 6.63. The van der Waals surface area contributed by atoms with Crippen molar-refractivity contribution in [1.82, 2.24) is 15.3 Å². The molecule has 1 atom stereocenters. The van der Waals surface area contributed by atoms with E-state index < -0.39 is 5.54 Å². The lowest BCUT2D eigenvalue weighted by Gasteiger charge is -2.30. The van der Waals surface area contributed by atoms with E-state index in [9.17, 15) is 4.79 Å². The average Bonchev–Trinajstić information content (AvgIpc) is 2.97. The number of halogens is 2. The normalized spacial score (nSPS) is 12.7. The van der Waals surface area contributed by atoms with E-state index in [1.54, 1.807) is 18.6 Å². The zero-order chi connectivity index (χ0) is 16.2. The van der Waals surface area contributed by atoms with Gasteiger partial charge in [0.25, 0.3) is 5.91 Å². The Balaban J connectivity index is 0.00000264. The van der Waals surface area contributed by atoms with Crippen molar-refractivity contribution in [2.24, 2.45) is 11.7 Å². The van der Waals surface area contributed by atoms with Crippen LogP contribution in [0.15, 0.2) is 30.7 Å². The summed E-state index contributed by atoms with van der Waals surface area (Å²) >= 11 is 1.37. The van der Waals surface area contributed by atoms with Crippen LogP contribution in [0.2, 0.25) is 0 Å². The highest BCUT2D eigenvalue weighted by molar-refractivity contribution is 7.16. The number of amides is 1. The summed E-state index contributed by atoms with van der Waals surface area (Å²) in [4.78, 5) is 21.3. The van der Waals surface area contributed by atoms with Gasteiger partial charge in [-0.05, 0) is 31.4 Å². The Bertz CT molecular complexity index is 636. The van der Waals surface area contributed by atoms with E-state index >= 15 is 0 Å². The number of hydrogen-bond donors (Lipinski definition) is 2. The maximum absolute atomic E-state index is 12.4. The van der Waals surface area contributed by atoms with Gasteiger partial charge >= 0.3 is 0 Å². The predicted molar refractivity (Wildman–Crippen MR) is 104 cm³/mol. The van der Waals surface area contributed by atoms with Crippen LogP contribution in [0.3, 0.4) is 0 Å². The summed E-state index contributed by atoms with van der Waals surface area (Å²) in [5, 5.41) is 3.86. The molecule has 0 aliphatic rings. The van der Waals surface area contributed by atoms with E-state index in [1.807, 2.05) is 19.1 Å². The van der Waals surface area contributed by atoms with Crippen molar-refractivity contribution in [1.29, 1.82) is 0 Å². The van der Waals surface area contributed by atoms with Crippen molar-refractivity contribution in [2.75, 3.05) is 6.54 Å². The molecule has 0 bridgehead atoms. The topological polar surface area (TPSA) is 80.9 Å². The SMILES string of the molecule is CC(C)CC(C)(CN)NC(=O)c1cnc(-c2ccncc2)s1.Cl.Cl. The van der Waals surface area contributed by atoms with Gasteiger partial charge in [0, 0.05) is 24.5 Å². The second-order valence-corrected chi connectivity index (χ2v) is 7.11. The van der Waals surface area contributed by atoms with Crippen molar-refractivity contribution in [3.8, 4) is 10.6 Å². The fourth-order valence-electron chi connectivity index (χ4n) is 2.43. The third-order valence-electron chi connectivity index (χ3n) is 3.38. The first-order valence-corrected chi connectivity index (χ1v) is 8.14. The summed E-state index contributed by atoms with van der Waals surface area (Å²) in [6.07, 6.45) is 5.88. The first-order chi connectivity index (χ1) is 10.4. The molecular formula is C16H24Cl2N4OS. The van der Waals surface area contributed by atoms with Gasteiger partial charge in [-0.3, -0.25) is 9.78 Å². The molecule has 0 aliphatic carbocycles. The van der Waals surface area contributed by atoms with Crippen LogP contribution < -0.4 is 11.1 Å². The second-order valence-electron chi connectivity index (χ2n) is 6.08. The number of aromatic nitrogens is 2. The third-order valence-corrected chi connectivity index (χ3v) is 4.43. The molecular weight excluding hydrogens is 367 g/mol. The van der Waals surface area contributed by atoms with Crippen LogP contribution in [0.1, 0.15) is 36.9 Å². The van der Waals surface area contributed by atoms with Gasteiger partial charge in [0.05, 0.1) is 11.7 Å². The van der Waals surface area contributed by atoms with Crippen molar-refractivity contribution < 1.29 is 4.79 Å². The molecule has 0 saturated heterocycles. The standard InChI is InChI=1S/C16H22N4OS.2ClH/c1-11(2)8-16(3,10-17)20-14(21)13-9-19-15(22-13)12-4-6-18-7-5-12;;/h4-7,9,11H,8,10,17H2,1-3H3,(H,20,21);2*1H. The van der Waals surface area contributed by atoms with Gasteiger partial charge in [-0.1, -0.05) is 13.8 Å². The van der Waals surface area contributed by atoms with Crippen LogP contribution in [0.5, 0.6) is 0 Å². The van der Waals surface area contributed by atoms with Crippen molar-refractivity contribution in [3.05, 3.63) is 35.6 Å². The molecule has 2 aromatic heterocycles. The Labute approximate surface area is 159 Å². The van der Waals surface area contributed by atoms with Crippen LogP contribution in [0.25, 0.3) is 10.6 Å². The Morgan fingerprint density at radius 3 is 2.50 bits per heavy atom. The lowest BCUT2D eigenvalue weighted by molar-refractivity contribution is 0.0902. The molecule has 0 saturated carbocycles. The fourth-order valence-corrected chi connectivity index (χ4v) is 3.25. The summed E-state index contributed by atoms with van der Waals surface area (Å²) in [5.74, 6) is 0.342. The molecule has 2 rings (SSSR count). The molecule has 8 heteroatoms. The van der Waals surface area contributed by atoms with Crippen LogP contribution >= 0.6 is 36.2 Å². The van der Waals surface area contributed by atoms with Crippen LogP contribution in [-0.2, 0) is 0 Å². The quantitative estimate of drug-likeness (QED) is 0.789. The van der Waals surface area contributed by atoms with Gasteiger partial charge in [-0.25, -0.2) is 4.98 Å². The molecule has 0 aromatic carbocycles. The number of rotatable bonds is 6. The Morgan fingerprint density at radius 1 is 1.33 bits per heavy atom. The number of hydrogen-bond acceptors (Lipinski definition) is 5. The Hall–Kier alpha value is -1.21. The average molecular weight is 391 g/mol. The molecule has 0 spiro atoms. The first kappa shape index (κ1) is 22.8. The zero-order valence-corrected chi connectivity index (χ0v) is 16.4. The maximum atomic E-state index is 12.4. The highest BCUT2D eigenvalue weighted by Gasteiger charge is 2.27. The van der Waals surface area contributed by atoms with Crippen molar-refractivity contribution >= 4 is 42.1 Å². The third kappa shape index (κ3) is 6.02. The molecule has 24 heavy (non-hydrogen) atoms. The van der Waals surface area contributed by atoms with Gasteiger partial charge in [0.15, 0.2) is 0 Å². The van der Waals surface area contributed by atoms with E-state index in [-0.39, 0.29) is 30.7 Å². The van der Waals surface area contributed by atoms with Crippen LogP contribution in [0, 0.1) is 5.92 Å².